The van der Waals surface area contributed by atoms with Crippen LogP contribution in [-0.2, 0) is 11.3 Å². The Morgan fingerprint density at radius 3 is 2.33 bits per heavy atom. The Kier molecular flexibility index (Phi) is 5.69. The average molecular weight is 293 g/mol. The van der Waals surface area contributed by atoms with E-state index < -0.39 is 17.4 Å². The zero-order chi connectivity index (χ0) is 16.0. The fourth-order valence-corrected chi connectivity index (χ4v) is 1.90. The van der Waals surface area contributed by atoms with Gasteiger partial charge < -0.3 is 15.3 Å². The summed E-state index contributed by atoms with van der Waals surface area (Å²) >= 11 is 0. The van der Waals surface area contributed by atoms with E-state index in [4.69, 9.17) is 0 Å². The lowest BCUT2D eigenvalue weighted by atomic mass is 9.87. The summed E-state index contributed by atoms with van der Waals surface area (Å²) in [6.07, 6.45) is 3.33. The summed E-state index contributed by atoms with van der Waals surface area (Å²) in [4.78, 5) is 29.1. The third-order valence-corrected chi connectivity index (χ3v) is 3.17. The molecule has 1 aromatic heterocycles. The van der Waals surface area contributed by atoms with Gasteiger partial charge in [-0.15, -0.1) is 0 Å². The lowest BCUT2D eigenvalue weighted by Gasteiger charge is -2.30. The molecule has 0 spiro atoms. The summed E-state index contributed by atoms with van der Waals surface area (Å²) in [5.41, 5.74) is 0.391. The molecule has 0 aliphatic heterocycles. The molecule has 6 nitrogen and oxygen atoms in total. The SMILES string of the molecule is CCN(Cc1ccncc1)C(=O)N[C@H](C(=O)O)C(C)(C)C. The molecule has 0 saturated heterocycles. The van der Waals surface area contributed by atoms with Crippen LogP contribution in [0.15, 0.2) is 24.5 Å². The van der Waals surface area contributed by atoms with Crippen LogP contribution in [0, 0.1) is 5.41 Å². The minimum absolute atomic E-state index is 0.378. The number of nitrogens with one attached hydrogen (secondary N) is 1. The van der Waals surface area contributed by atoms with Gasteiger partial charge in [0.25, 0.3) is 0 Å². The fraction of sp³-hybridized carbons (Fsp3) is 0.533. The quantitative estimate of drug-likeness (QED) is 0.871. The van der Waals surface area contributed by atoms with Crippen molar-refractivity contribution in [1.82, 2.24) is 15.2 Å². The number of carbonyl (C=O) groups excluding carboxylic acids is 1. The first-order valence-corrected chi connectivity index (χ1v) is 6.93. The second kappa shape index (κ2) is 7.06. The van der Waals surface area contributed by atoms with Crippen LogP contribution in [0.4, 0.5) is 4.79 Å². The highest BCUT2D eigenvalue weighted by atomic mass is 16.4. The van der Waals surface area contributed by atoms with E-state index in [9.17, 15) is 14.7 Å². The third-order valence-electron chi connectivity index (χ3n) is 3.17. The molecule has 2 N–H and O–H groups in total. The predicted molar refractivity (Wildman–Crippen MR) is 79.7 cm³/mol. The highest BCUT2D eigenvalue weighted by Crippen LogP contribution is 2.19. The van der Waals surface area contributed by atoms with Gasteiger partial charge >= 0.3 is 12.0 Å². The van der Waals surface area contributed by atoms with Gasteiger partial charge in [-0.05, 0) is 30.0 Å². The normalized spacial score (nSPS) is 12.6. The molecule has 0 aromatic carbocycles. The number of urea groups is 1. The molecule has 6 heteroatoms. The Hall–Kier alpha value is -2.11. The van der Waals surface area contributed by atoms with Crippen molar-refractivity contribution in [3.8, 4) is 0 Å². The molecule has 0 aliphatic carbocycles. The maximum Gasteiger partial charge on any atom is 0.326 e. The van der Waals surface area contributed by atoms with Crippen LogP contribution in [0.5, 0.6) is 0 Å². The standard InChI is InChI=1S/C15H23N3O3/c1-5-18(10-11-6-8-16-9-7-11)14(21)17-12(13(19)20)15(2,3)4/h6-9,12H,5,10H2,1-4H3,(H,17,21)(H,19,20)/t12-/m1/s1. The maximum atomic E-state index is 12.3. The van der Waals surface area contributed by atoms with Crippen LogP contribution in [0.1, 0.15) is 33.3 Å². The summed E-state index contributed by atoms with van der Waals surface area (Å²) in [6.45, 7) is 8.11. The Labute approximate surface area is 125 Å². The molecule has 116 valence electrons. The molecule has 0 unspecified atom stereocenters. The van der Waals surface area contributed by atoms with Crippen molar-refractivity contribution in [1.29, 1.82) is 0 Å². The van der Waals surface area contributed by atoms with Crippen LogP contribution in [0.2, 0.25) is 0 Å². The van der Waals surface area contributed by atoms with Crippen molar-refractivity contribution in [2.45, 2.75) is 40.3 Å². The van der Waals surface area contributed by atoms with Crippen LogP contribution < -0.4 is 5.32 Å². The van der Waals surface area contributed by atoms with Gasteiger partial charge in [0.15, 0.2) is 0 Å². The Morgan fingerprint density at radius 2 is 1.90 bits per heavy atom. The molecule has 1 rings (SSSR count). The lowest BCUT2D eigenvalue weighted by molar-refractivity contribution is -0.142. The first-order chi connectivity index (χ1) is 9.75. The number of amides is 2. The number of hydrogen-bond acceptors (Lipinski definition) is 3. The minimum Gasteiger partial charge on any atom is -0.480 e. The molecule has 0 fully saturated rings. The summed E-state index contributed by atoms with van der Waals surface area (Å²) < 4.78 is 0. The van der Waals surface area contributed by atoms with Crippen LogP contribution >= 0.6 is 0 Å². The van der Waals surface area contributed by atoms with Gasteiger partial charge in [0.2, 0.25) is 0 Å². The Balaban J connectivity index is 2.77. The van der Waals surface area contributed by atoms with Crippen LogP contribution in [0.25, 0.3) is 0 Å². The van der Waals surface area contributed by atoms with Crippen molar-refractivity contribution < 1.29 is 14.7 Å². The topological polar surface area (TPSA) is 82.5 Å². The van der Waals surface area contributed by atoms with Gasteiger partial charge in [0.05, 0.1) is 0 Å². The molecular weight excluding hydrogens is 270 g/mol. The molecule has 0 aliphatic rings. The molecule has 1 heterocycles. The summed E-state index contributed by atoms with van der Waals surface area (Å²) in [7, 11) is 0. The van der Waals surface area contributed by atoms with E-state index in [1.54, 1.807) is 38.1 Å². The Morgan fingerprint density at radius 1 is 1.33 bits per heavy atom. The van der Waals surface area contributed by atoms with E-state index in [-0.39, 0.29) is 6.03 Å². The molecule has 1 atom stereocenters. The van der Waals surface area contributed by atoms with Gasteiger partial charge in [-0.25, -0.2) is 9.59 Å². The summed E-state index contributed by atoms with van der Waals surface area (Å²) in [6, 6.07) is 2.34. The van der Waals surface area contributed by atoms with E-state index in [2.05, 4.69) is 10.3 Å². The number of carbonyl (C=O) groups is 2. The number of carboxylic acids is 1. The van der Waals surface area contributed by atoms with Crippen LogP contribution in [-0.4, -0.2) is 39.6 Å². The van der Waals surface area contributed by atoms with E-state index in [1.807, 2.05) is 19.1 Å². The van der Waals surface area contributed by atoms with Crippen molar-refractivity contribution in [2.75, 3.05) is 6.54 Å². The van der Waals surface area contributed by atoms with Gasteiger partial charge in [-0.2, -0.15) is 0 Å². The van der Waals surface area contributed by atoms with Crippen molar-refractivity contribution in [2.24, 2.45) is 5.41 Å². The fourth-order valence-electron chi connectivity index (χ4n) is 1.90. The molecular formula is C15H23N3O3. The number of pyridine rings is 1. The highest BCUT2D eigenvalue weighted by Gasteiger charge is 2.33. The molecule has 2 amide bonds. The second-order valence-electron chi connectivity index (χ2n) is 5.96. The smallest absolute Gasteiger partial charge is 0.326 e. The van der Waals surface area contributed by atoms with Gasteiger partial charge in [0, 0.05) is 25.5 Å². The van der Waals surface area contributed by atoms with E-state index >= 15 is 0 Å². The van der Waals surface area contributed by atoms with Gasteiger partial charge in [-0.3, -0.25) is 4.98 Å². The molecule has 0 radical (unpaired) electrons. The summed E-state index contributed by atoms with van der Waals surface area (Å²) in [5, 5.41) is 11.9. The largest absolute Gasteiger partial charge is 0.480 e. The minimum atomic E-state index is -1.03. The number of nitrogens with zero attached hydrogens (tertiary/aromatic N) is 2. The Bertz CT molecular complexity index is 483. The van der Waals surface area contributed by atoms with Crippen LogP contribution in [0.3, 0.4) is 0 Å². The third kappa shape index (κ3) is 5.06. The van der Waals surface area contributed by atoms with E-state index in [0.717, 1.165) is 5.56 Å². The highest BCUT2D eigenvalue weighted by molar-refractivity contribution is 5.83. The van der Waals surface area contributed by atoms with Crippen molar-refractivity contribution in [3.63, 3.8) is 0 Å². The summed E-state index contributed by atoms with van der Waals surface area (Å²) in [5.74, 6) is -1.03. The zero-order valence-corrected chi connectivity index (χ0v) is 13.0. The molecule has 1 aromatic rings. The number of aliphatic carboxylic acids is 1. The predicted octanol–water partition coefficient (Wildman–Crippen LogP) is 2.11. The lowest BCUT2D eigenvalue weighted by Crippen LogP contribution is -2.53. The monoisotopic (exact) mass is 293 g/mol. The average Bonchev–Trinajstić information content (AvgIpc) is 2.41. The van der Waals surface area contributed by atoms with Crippen molar-refractivity contribution >= 4 is 12.0 Å². The van der Waals surface area contributed by atoms with E-state index in [0.29, 0.717) is 13.1 Å². The maximum absolute atomic E-state index is 12.3. The second-order valence-corrected chi connectivity index (χ2v) is 5.96. The molecule has 0 saturated carbocycles. The first-order valence-electron chi connectivity index (χ1n) is 6.93. The number of rotatable bonds is 5. The zero-order valence-electron chi connectivity index (χ0n) is 13.0. The number of carboxylic acid groups (broad SMARTS) is 1. The number of hydrogen-bond donors (Lipinski definition) is 2. The number of aromatic nitrogens is 1. The van der Waals surface area contributed by atoms with E-state index in [1.165, 1.54) is 0 Å². The van der Waals surface area contributed by atoms with Gasteiger partial charge in [0.1, 0.15) is 6.04 Å². The first kappa shape index (κ1) is 16.9. The molecule has 0 bridgehead atoms. The van der Waals surface area contributed by atoms with Gasteiger partial charge in [-0.1, -0.05) is 20.8 Å². The van der Waals surface area contributed by atoms with Crippen molar-refractivity contribution in [3.05, 3.63) is 30.1 Å². The molecule has 21 heavy (non-hydrogen) atoms.